The highest BCUT2D eigenvalue weighted by molar-refractivity contribution is 6.28. The number of ether oxygens (including phenoxy) is 1. The Hall–Kier alpha value is -1.84. The third-order valence-corrected chi connectivity index (χ3v) is 12.2. The molecule has 0 bridgehead atoms. The van der Waals surface area contributed by atoms with Gasteiger partial charge >= 0.3 is 0 Å². The SMILES string of the molecule is CC1CN(CC(NC(C)C(=O)N2CC(C)(C(C)(C)C3CCC3)CC2C(=O)NC(CC2CCCC2)C(=O)C=O)C(C)C)C[C@H](C)O1. The summed E-state index contributed by atoms with van der Waals surface area (Å²) in [6.45, 7) is 20.4. The van der Waals surface area contributed by atoms with Crippen molar-refractivity contribution in [1.29, 1.82) is 0 Å². The van der Waals surface area contributed by atoms with Gasteiger partial charge in [-0.05, 0) is 75.0 Å². The predicted molar refractivity (Wildman–Crippen MR) is 177 cm³/mol. The number of aldehydes is 1. The topological polar surface area (TPSA) is 108 Å². The van der Waals surface area contributed by atoms with Gasteiger partial charge in [0.25, 0.3) is 0 Å². The number of hydrogen-bond acceptors (Lipinski definition) is 7. The second-order valence-corrected chi connectivity index (χ2v) is 16.3. The molecule has 4 aliphatic rings. The van der Waals surface area contributed by atoms with Crippen molar-refractivity contribution in [3.8, 4) is 0 Å². The normalized spacial score (nSPS) is 30.6. The minimum atomic E-state index is -0.833. The molecule has 2 amide bonds. The summed E-state index contributed by atoms with van der Waals surface area (Å²) in [5.74, 6) is 0.237. The van der Waals surface area contributed by atoms with E-state index in [0.29, 0.717) is 43.4 Å². The zero-order chi connectivity index (χ0) is 33.1. The summed E-state index contributed by atoms with van der Waals surface area (Å²) in [5.41, 5.74) is -0.315. The molecule has 0 spiro atoms. The molecule has 0 aromatic heterocycles. The van der Waals surface area contributed by atoms with Crippen LogP contribution in [0.2, 0.25) is 0 Å². The number of nitrogens with one attached hydrogen (secondary N) is 2. The van der Waals surface area contributed by atoms with Crippen molar-refractivity contribution in [2.24, 2.45) is 28.6 Å². The Morgan fingerprint density at radius 1 is 1.00 bits per heavy atom. The van der Waals surface area contributed by atoms with Crippen LogP contribution in [0.15, 0.2) is 0 Å². The van der Waals surface area contributed by atoms with Crippen molar-refractivity contribution in [3.05, 3.63) is 0 Å². The third kappa shape index (κ3) is 8.36. The molecule has 0 aromatic carbocycles. The van der Waals surface area contributed by atoms with Crippen LogP contribution >= 0.6 is 0 Å². The molecule has 2 aliphatic carbocycles. The first-order chi connectivity index (χ1) is 21.1. The molecule has 2 saturated heterocycles. The van der Waals surface area contributed by atoms with Gasteiger partial charge in [0.1, 0.15) is 6.04 Å². The van der Waals surface area contributed by atoms with Crippen LogP contribution in [0.1, 0.15) is 113 Å². The van der Waals surface area contributed by atoms with E-state index in [2.05, 4.69) is 64.0 Å². The van der Waals surface area contributed by atoms with Gasteiger partial charge in [-0.2, -0.15) is 0 Å². The molecule has 9 heteroatoms. The summed E-state index contributed by atoms with van der Waals surface area (Å²) >= 11 is 0. The number of likely N-dealkylation sites (tertiary alicyclic amines) is 1. The van der Waals surface area contributed by atoms with Gasteiger partial charge in [0.05, 0.1) is 24.3 Å². The molecule has 4 fully saturated rings. The molecule has 6 unspecified atom stereocenters. The number of rotatable bonds is 14. The average molecular weight is 631 g/mol. The molecule has 0 radical (unpaired) electrons. The number of nitrogens with zero attached hydrogens (tertiary/aromatic N) is 2. The Labute approximate surface area is 272 Å². The van der Waals surface area contributed by atoms with E-state index in [0.717, 1.165) is 45.3 Å². The van der Waals surface area contributed by atoms with E-state index in [9.17, 15) is 19.2 Å². The van der Waals surface area contributed by atoms with Gasteiger partial charge in [-0.25, -0.2) is 0 Å². The van der Waals surface area contributed by atoms with Gasteiger partial charge in [0.15, 0.2) is 6.29 Å². The summed E-state index contributed by atoms with van der Waals surface area (Å²) in [7, 11) is 0. The Bertz CT molecular complexity index is 1040. The largest absolute Gasteiger partial charge is 0.373 e. The van der Waals surface area contributed by atoms with Gasteiger partial charge in [-0.3, -0.25) is 24.1 Å². The molecule has 45 heavy (non-hydrogen) atoms. The first-order valence-electron chi connectivity index (χ1n) is 17.9. The first-order valence-corrected chi connectivity index (χ1v) is 17.9. The van der Waals surface area contributed by atoms with Crippen molar-refractivity contribution < 1.29 is 23.9 Å². The highest BCUT2D eigenvalue weighted by atomic mass is 16.5. The number of ketones is 1. The van der Waals surface area contributed by atoms with Crippen LogP contribution < -0.4 is 10.6 Å². The van der Waals surface area contributed by atoms with Gasteiger partial charge in [0.2, 0.25) is 17.6 Å². The van der Waals surface area contributed by atoms with Gasteiger partial charge in [-0.15, -0.1) is 0 Å². The second kappa shape index (κ2) is 14.9. The molecule has 2 heterocycles. The van der Waals surface area contributed by atoms with Crippen molar-refractivity contribution >= 4 is 23.9 Å². The summed E-state index contributed by atoms with van der Waals surface area (Å²) in [4.78, 5) is 57.0. The van der Waals surface area contributed by atoms with Crippen LogP contribution in [-0.4, -0.2) is 96.2 Å². The summed E-state index contributed by atoms with van der Waals surface area (Å²) in [6.07, 6.45) is 9.57. The Morgan fingerprint density at radius 2 is 1.62 bits per heavy atom. The quantitative estimate of drug-likeness (QED) is 0.217. The first kappa shape index (κ1) is 36.0. The fourth-order valence-corrected chi connectivity index (χ4v) is 8.63. The molecular formula is C36H62N4O5. The van der Waals surface area contributed by atoms with E-state index >= 15 is 0 Å². The van der Waals surface area contributed by atoms with Gasteiger partial charge in [0, 0.05) is 32.2 Å². The van der Waals surface area contributed by atoms with Crippen LogP contribution in [0.25, 0.3) is 0 Å². The zero-order valence-electron chi connectivity index (χ0n) is 29.4. The molecule has 0 aromatic rings. The number of carbonyl (C=O) groups excluding carboxylic acids is 4. The number of morpholine rings is 1. The van der Waals surface area contributed by atoms with E-state index in [1.165, 1.54) is 19.3 Å². The minimum Gasteiger partial charge on any atom is -0.373 e. The average Bonchev–Trinajstić information content (AvgIpc) is 3.58. The molecule has 2 N–H and O–H groups in total. The van der Waals surface area contributed by atoms with Crippen LogP contribution in [-0.2, 0) is 23.9 Å². The van der Waals surface area contributed by atoms with Crippen LogP contribution in [0, 0.1) is 28.6 Å². The lowest BCUT2D eigenvalue weighted by Crippen LogP contribution is -2.58. The summed E-state index contributed by atoms with van der Waals surface area (Å²) in [6, 6.07) is -1.91. The summed E-state index contributed by atoms with van der Waals surface area (Å²) < 4.78 is 5.94. The van der Waals surface area contributed by atoms with Crippen molar-refractivity contribution in [1.82, 2.24) is 20.4 Å². The van der Waals surface area contributed by atoms with E-state index in [1.807, 2.05) is 6.92 Å². The minimum absolute atomic E-state index is 0.0540. The van der Waals surface area contributed by atoms with Crippen LogP contribution in [0.3, 0.4) is 0 Å². The second-order valence-electron chi connectivity index (χ2n) is 16.3. The maximum Gasteiger partial charge on any atom is 0.243 e. The van der Waals surface area contributed by atoms with E-state index in [1.54, 1.807) is 4.90 Å². The summed E-state index contributed by atoms with van der Waals surface area (Å²) in [5, 5.41) is 6.63. The van der Waals surface area contributed by atoms with E-state index < -0.39 is 23.9 Å². The van der Waals surface area contributed by atoms with Crippen molar-refractivity contribution in [2.45, 2.75) is 150 Å². The molecular weight excluding hydrogens is 568 g/mol. The van der Waals surface area contributed by atoms with Crippen LogP contribution in [0.4, 0.5) is 0 Å². The third-order valence-electron chi connectivity index (χ3n) is 12.2. The fraction of sp³-hybridized carbons (Fsp3) is 0.889. The molecule has 4 rings (SSSR count). The maximum atomic E-state index is 14.4. The predicted octanol–water partition coefficient (Wildman–Crippen LogP) is 4.36. The highest BCUT2D eigenvalue weighted by Crippen LogP contribution is 2.57. The number of amides is 2. The van der Waals surface area contributed by atoms with Crippen LogP contribution in [0.5, 0.6) is 0 Å². The smallest absolute Gasteiger partial charge is 0.243 e. The van der Waals surface area contributed by atoms with Gasteiger partial charge in [-0.1, -0.05) is 66.7 Å². The number of hydrogen-bond donors (Lipinski definition) is 2. The zero-order valence-corrected chi connectivity index (χ0v) is 29.4. The highest BCUT2D eigenvalue weighted by Gasteiger charge is 2.56. The number of Topliss-reactive ketones (excluding diaryl/α,β-unsaturated/α-hetero) is 1. The standard InChI is InChI=1S/C36H62N4O5/c1-23(2)30(20-39-18-24(3)45-25(4)19-39)37-26(5)34(44)40-22-36(8,35(6,7)28-14-11-15-28)17-31(40)33(43)38-29(32(42)21-41)16-27-12-9-10-13-27/h21,23-31,37H,9-20,22H2,1-8H3,(H,38,43)/t24-,25?,26?,29?,30?,31?,36?/m0/s1. The lowest BCUT2D eigenvalue weighted by Gasteiger charge is -2.50. The molecule has 256 valence electrons. The van der Waals surface area contributed by atoms with E-state index in [4.69, 9.17) is 4.74 Å². The molecule has 7 atom stereocenters. The molecule has 2 aliphatic heterocycles. The molecule has 9 nitrogen and oxygen atoms in total. The monoisotopic (exact) mass is 630 g/mol. The lowest BCUT2D eigenvalue weighted by molar-refractivity contribution is -0.141. The number of carbonyl (C=O) groups is 4. The maximum absolute atomic E-state index is 14.4. The molecule has 2 saturated carbocycles. The Morgan fingerprint density at radius 3 is 2.16 bits per heavy atom. The Kier molecular flexibility index (Phi) is 11.9. The van der Waals surface area contributed by atoms with Crippen molar-refractivity contribution in [3.63, 3.8) is 0 Å². The lowest BCUT2D eigenvalue weighted by atomic mass is 9.54. The fourth-order valence-electron chi connectivity index (χ4n) is 8.63. The Balaban J connectivity index is 1.53. The van der Waals surface area contributed by atoms with Gasteiger partial charge < -0.3 is 20.3 Å². The van der Waals surface area contributed by atoms with Crippen molar-refractivity contribution in [2.75, 3.05) is 26.2 Å². The van der Waals surface area contributed by atoms with E-state index in [-0.39, 0.29) is 40.9 Å².